The van der Waals surface area contributed by atoms with Crippen molar-refractivity contribution in [3.05, 3.63) is 42.0 Å². The number of hydrogen-bond acceptors (Lipinski definition) is 7. The largest absolute Gasteiger partial charge is 0.497 e. The van der Waals surface area contributed by atoms with Gasteiger partial charge in [0.05, 0.1) is 28.4 Å². The molecule has 36 heavy (non-hydrogen) atoms. The highest BCUT2D eigenvalue weighted by molar-refractivity contribution is 5.96. The molecule has 0 aromatic heterocycles. The van der Waals surface area contributed by atoms with Crippen LogP contribution < -0.4 is 23.8 Å². The number of rotatable bonds is 9. The van der Waals surface area contributed by atoms with Crippen LogP contribution in [0.25, 0.3) is 0 Å². The number of methoxy groups -OCH3 is 4. The zero-order chi connectivity index (χ0) is 25.7. The molecule has 0 saturated carbocycles. The maximum absolute atomic E-state index is 13.0. The zero-order valence-electron chi connectivity index (χ0n) is 21.4. The minimum atomic E-state index is -0.181. The van der Waals surface area contributed by atoms with Crippen LogP contribution in [0.1, 0.15) is 5.56 Å². The Labute approximate surface area is 211 Å². The Bertz CT molecular complexity index is 1090. The van der Waals surface area contributed by atoms with Gasteiger partial charge in [0.15, 0.2) is 11.5 Å². The normalized spacial score (nSPS) is 16.3. The highest BCUT2D eigenvalue weighted by Gasteiger charge is 2.33. The first-order valence-corrected chi connectivity index (χ1v) is 12.0. The summed E-state index contributed by atoms with van der Waals surface area (Å²) in [7, 11) is 6.44. The maximum atomic E-state index is 13.0. The van der Waals surface area contributed by atoms with Crippen LogP contribution in [-0.2, 0) is 11.3 Å². The predicted octanol–water partition coefficient (Wildman–Crippen LogP) is 2.31. The lowest BCUT2D eigenvalue weighted by molar-refractivity contribution is -0.133. The molecular weight excluding hydrogens is 464 g/mol. The molecule has 0 N–H and O–H groups in total. The molecule has 2 heterocycles. The Morgan fingerprint density at radius 2 is 1.47 bits per heavy atom. The van der Waals surface area contributed by atoms with Crippen molar-refractivity contribution in [3.63, 3.8) is 0 Å². The van der Waals surface area contributed by atoms with Gasteiger partial charge in [-0.1, -0.05) is 0 Å². The summed E-state index contributed by atoms with van der Waals surface area (Å²) in [6.45, 7) is 4.53. The molecule has 2 aromatic rings. The molecule has 2 aliphatic heterocycles. The molecule has 0 atom stereocenters. The molecule has 0 spiro atoms. The van der Waals surface area contributed by atoms with E-state index in [2.05, 4.69) is 4.90 Å². The summed E-state index contributed by atoms with van der Waals surface area (Å²) in [4.78, 5) is 33.4. The van der Waals surface area contributed by atoms with Crippen molar-refractivity contribution in [3.8, 4) is 23.0 Å². The maximum Gasteiger partial charge on any atom is 0.325 e. The van der Waals surface area contributed by atoms with Gasteiger partial charge in [-0.25, -0.2) is 4.79 Å². The van der Waals surface area contributed by atoms with E-state index in [9.17, 15) is 9.59 Å². The summed E-state index contributed by atoms with van der Waals surface area (Å²) < 4.78 is 21.5. The first-order chi connectivity index (χ1) is 17.5. The molecule has 10 nitrogen and oxygen atoms in total. The molecule has 0 aliphatic carbocycles. The third-order valence-electron chi connectivity index (χ3n) is 6.71. The van der Waals surface area contributed by atoms with Crippen LogP contribution in [0.4, 0.5) is 10.5 Å². The molecule has 2 aliphatic rings. The molecule has 0 unspecified atom stereocenters. The highest BCUT2D eigenvalue weighted by atomic mass is 16.5. The summed E-state index contributed by atoms with van der Waals surface area (Å²) in [5, 5.41) is 0. The fraction of sp³-hybridized carbons (Fsp3) is 0.462. The lowest BCUT2D eigenvalue weighted by atomic mass is 10.1. The number of ether oxygens (including phenoxy) is 4. The Morgan fingerprint density at radius 3 is 2.14 bits per heavy atom. The van der Waals surface area contributed by atoms with Crippen molar-refractivity contribution in [2.75, 3.05) is 79.2 Å². The van der Waals surface area contributed by atoms with E-state index in [0.717, 1.165) is 30.2 Å². The number of nitrogens with zero attached hydrogens (tertiary/aromatic N) is 4. The molecule has 2 saturated heterocycles. The average Bonchev–Trinajstić information content (AvgIpc) is 3.28. The third-order valence-corrected chi connectivity index (χ3v) is 6.71. The minimum Gasteiger partial charge on any atom is -0.497 e. The van der Waals surface area contributed by atoms with E-state index < -0.39 is 0 Å². The summed E-state index contributed by atoms with van der Waals surface area (Å²) in [6.07, 6.45) is 0. The molecule has 10 heteroatoms. The first kappa shape index (κ1) is 25.4. The van der Waals surface area contributed by atoms with Gasteiger partial charge in [-0.15, -0.1) is 0 Å². The fourth-order valence-corrected chi connectivity index (χ4v) is 4.63. The molecule has 3 amide bonds. The Balaban J connectivity index is 1.30. The Morgan fingerprint density at radius 1 is 0.778 bits per heavy atom. The topological polar surface area (TPSA) is 84.0 Å². The van der Waals surface area contributed by atoms with E-state index in [1.54, 1.807) is 50.4 Å². The van der Waals surface area contributed by atoms with Crippen molar-refractivity contribution >= 4 is 17.6 Å². The van der Waals surface area contributed by atoms with E-state index in [1.807, 2.05) is 29.2 Å². The van der Waals surface area contributed by atoms with Crippen LogP contribution in [0.15, 0.2) is 36.4 Å². The number of amides is 3. The smallest absolute Gasteiger partial charge is 0.325 e. The summed E-state index contributed by atoms with van der Waals surface area (Å²) in [5.74, 6) is 2.74. The third kappa shape index (κ3) is 5.43. The fourth-order valence-electron chi connectivity index (χ4n) is 4.63. The van der Waals surface area contributed by atoms with Gasteiger partial charge in [0.25, 0.3) is 0 Å². The van der Waals surface area contributed by atoms with Crippen LogP contribution in [0.3, 0.4) is 0 Å². The summed E-state index contributed by atoms with van der Waals surface area (Å²) >= 11 is 0. The lowest BCUT2D eigenvalue weighted by Gasteiger charge is -2.35. The number of hydrogen-bond donors (Lipinski definition) is 0. The van der Waals surface area contributed by atoms with E-state index in [0.29, 0.717) is 49.9 Å². The summed E-state index contributed by atoms with van der Waals surface area (Å²) in [5.41, 5.74) is 1.77. The summed E-state index contributed by atoms with van der Waals surface area (Å²) in [6, 6.07) is 11.0. The number of carbonyl (C=O) groups excluding carboxylic acids is 2. The Kier molecular flexibility index (Phi) is 8.04. The van der Waals surface area contributed by atoms with E-state index >= 15 is 0 Å². The second kappa shape index (κ2) is 11.4. The molecule has 0 bridgehead atoms. The average molecular weight is 499 g/mol. The predicted molar refractivity (Wildman–Crippen MR) is 135 cm³/mol. The van der Waals surface area contributed by atoms with Gasteiger partial charge < -0.3 is 28.7 Å². The second-order valence-electron chi connectivity index (χ2n) is 8.73. The lowest BCUT2D eigenvalue weighted by Crippen LogP contribution is -2.51. The van der Waals surface area contributed by atoms with Crippen molar-refractivity contribution < 1.29 is 28.5 Å². The van der Waals surface area contributed by atoms with Crippen molar-refractivity contribution in [2.45, 2.75) is 6.54 Å². The number of benzene rings is 2. The molecule has 0 radical (unpaired) electrons. The van der Waals surface area contributed by atoms with Crippen molar-refractivity contribution in [2.24, 2.45) is 0 Å². The van der Waals surface area contributed by atoms with Crippen LogP contribution >= 0.6 is 0 Å². The van der Waals surface area contributed by atoms with Crippen molar-refractivity contribution in [1.29, 1.82) is 0 Å². The number of piperazine rings is 1. The Hall–Kier alpha value is -3.66. The van der Waals surface area contributed by atoms with E-state index in [1.165, 1.54) is 0 Å². The molecular formula is C26H34N4O6. The molecule has 2 aromatic carbocycles. The number of carbonyl (C=O) groups is 2. The quantitative estimate of drug-likeness (QED) is 0.525. The second-order valence-corrected chi connectivity index (χ2v) is 8.73. The number of anilines is 1. The van der Waals surface area contributed by atoms with E-state index in [4.69, 9.17) is 18.9 Å². The van der Waals surface area contributed by atoms with Gasteiger partial charge in [-0.05, 0) is 30.3 Å². The van der Waals surface area contributed by atoms with E-state index in [-0.39, 0.29) is 18.5 Å². The van der Waals surface area contributed by atoms with Gasteiger partial charge in [-0.2, -0.15) is 0 Å². The van der Waals surface area contributed by atoms with Gasteiger partial charge in [-0.3, -0.25) is 14.6 Å². The highest BCUT2D eigenvalue weighted by Crippen LogP contribution is 2.33. The zero-order valence-corrected chi connectivity index (χ0v) is 21.4. The van der Waals surface area contributed by atoms with Gasteiger partial charge in [0, 0.05) is 63.1 Å². The van der Waals surface area contributed by atoms with Crippen LogP contribution in [0, 0.1) is 0 Å². The van der Waals surface area contributed by atoms with Crippen molar-refractivity contribution in [1.82, 2.24) is 14.7 Å². The molecule has 4 rings (SSSR count). The van der Waals surface area contributed by atoms with Gasteiger partial charge >= 0.3 is 6.03 Å². The first-order valence-electron chi connectivity index (χ1n) is 12.0. The van der Waals surface area contributed by atoms with Gasteiger partial charge in [0.2, 0.25) is 5.91 Å². The van der Waals surface area contributed by atoms with Crippen LogP contribution in [0.2, 0.25) is 0 Å². The SMILES string of the molecule is COc1ccc(OC)c(CN2CCN(C(=O)CN3CCN(c4ccc(OC)c(OC)c4)C3=O)CC2)c1. The van der Waals surface area contributed by atoms with Gasteiger partial charge in [0.1, 0.15) is 18.0 Å². The molecule has 194 valence electrons. The standard InChI is InChI=1S/C26H34N4O6/c1-33-21-6-8-22(34-2)19(15-21)17-27-9-11-28(12-10-27)25(31)18-29-13-14-30(26(29)32)20-5-7-23(35-3)24(16-20)36-4/h5-8,15-16H,9-14,17-18H2,1-4H3. The monoisotopic (exact) mass is 498 g/mol. The van der Waals surface area contributed by atoms with Crippen LogP contribution in [0.5, 0.6) is 23.0 Å². The van der Waals surface area contributed by atoms with Crippen LogP contribution in [-0.4, -0.2) is 101 Å². The number of urea groups is 1. The minimum absolute atomic E-state index is 0.0314. The molecule has 2 fully saturated rings.